The standard InChI is InChI=1S/C16H27N3O/c1-12(2)6-5-11-18-16(17)19-14-7-9-15(10-8-14)20-13(3)4/h7-10,12-13H,5-6,11H2,1-4H3,(H3,17,18,19). The number of ether oxygens (including phenoxy) is 1. The zero-order valence-corrected chi connectivity index (χ0v) is 13.0. The van der Waals surface area contributed by atoms with E-state index in [9.17, 15) is 0 Å². The number of anilines is 1. The number of hydrogen-bond donors (Lipinski definition) is 2. The van der Waals surface area contributed by atoms with Crippen molar-refractivity contribution >= 4 is 11.6 Å². The molecule has 4 nitrogen and oxygen atoms in total. The van der Waals surface area contributed by atoms with E-state index in [1.165, 1.54) is 6.42 Å². The van der Waals surface area contributed by atoms with Crippen LogP contribution in [0.25, 0.3) is 0 Å². The van der Waals surface area contributed by atoms with E-state index in [2.05, 4.69) is 24.2 Å². The van der Waals surface area contributed by atoms with Crippen LogP contribution in [0.1, 0.15) is 40.5 Å². The topological polar surface area (TPSA) is 59.6 Å². The predicted octanol–water partition coefficient (Wildman–Crippen LogP) is 3.64. The Kier molecular flexibility index (Phi) is 6.91. The summed E-state index contributed by atoms with van der Waals surface area (Å²) in [5.41, 5.74) is 6.77. The number of guanidine groups is 1. The van der Waals surface area contributed by atoms with Crippen molar-refractivity contribution in [3.63, 3.8) is 0 Å². The van der Waals surface area contributed by atoms with Gasteiger partial charge in [-0.25, -0.2) is 0 Å². The Hall–Kier alpha value is -1.71. The molecule has 1 aromatic carbocycles. The fourth-order valence-electron chi connectivity index (χ4n) is 1.78. The summed E-state index contributed by atoms with van der Waals surface area (Å²) in [5.74, 6) is 2.04. The van der Waals surface area contributed by atoms with E-state index in [4.69, 9.17) is 10.5 Å². The first kappa shape index (κ1) is 16.3. The first-order valence-corrected chi connectivity index (χ1v) is 7.31. The Morgan fingerprint density at radius 1 is 1.20 bits per heavy atom. The van der Waals surface area contributed by atoms with Crippen LogP contribution in [0.3, 0.4) is 0 Å². The highest BCUT2D eigenvalue weighted by atomic mass is 16.5. The van der Waals surface area contributed by atoms with Crippen LogP contribution in [0, 0.1) is 5.92 Å². The molecule has 0 atom stereocenters. The third-order valence-corrected chi connectivity index (χ3v) is 2.72. The minimum atomic E-state index is 0.182. The van der Waals surface area contributed by atoms with Crippen LogP contribution < -0.4 is 15.8 Å². The highest BCUT2D eigenvalue weighted by molar-refractivity contribution is 5.92. The van der Waals surface area contributed by atoms with Crippen molar-refractivity contribution in [2.24, 2.45) is 16.6 Å². The van der Waals surface area contributed by atoms with Gasteiger partial charge in [0.25, 0.3) is 0 Å². The van der Waals surface area contributed by atoms with Gasteiger partial charge in [-0.3, -0.25) is 4.99 Å². The molecule has 0 aliphatic heterocycles. The Balaban J connectivity index is 2.41. The second-order valence-corrected chi connectivity index (χ2v) is 5.62. The lowest BCUT2D eigenvalue weighted by atomic mass is 10.1. The number of hydrogen-bond acceptors (Lipinski definition) is 2. The highest BCUT2D eigenvalue weighted by Crippen LogP contribution is 2.16. The Bertz CT molecular complexity index is 410. The maximum atomic E-state index is 5.85. The number of nitrogens with two attached hydrogens (primary N) is 1. The molecule has 0 aromatic heterocycles. The summed E-state index contributed by atoms with van der Waals surface area (Å²) in [4.78, 5) is 4.31. The molecule has 0 spiro atoms. The number of nitrogens with one attached hydrogen (secondary N) is 1. The maximum absolute atomic E-state index is 5.85. The zero-order chi connectivity index (χ0) is 15.0. The van der Waals surface area contributed by atoms with E-state index in [1.54, 1.807) is 0 Å². The monoisotopic (exact) mass is 277 g/mol. The molecule has 0 heterocycles. The number of benzene rings is 1. The van der Waals surface area contributed by atoms with E-state index in [0.29, 0.717) is 11.9 Å². The van der Waals surface area contributed by atoms with Gasteiger partial charge in [0.05, 0.1) is 6.10 Å². The predicted molar refractivity (Wildman–Crippen MR) is 86.4 cm³/mol. The quantitative estimate of drug-likeness (QED) is 0.454. The average molecular weight is 277 g/mol. The van der Waals surface area contributed by atoms with Gasteiger partial charge in [0.15, 0.2) is 5.96 Å². The lowest BCUT2D eigenvalue weighted by molar-refractivity contribution is 0.242. The van der Waals surface area contributed by atoms with Gasteiger partial charge in [-0.05, 0) is 56.9 Å². The molecule has 0 fully saturated rings. The van der Waals surface area contributed by atoms with Crippen molar-refractivity contribution in [3.05, 3.63) is 24.3 Å². The first-order chi connectivity index (χ1) is 9.47. The largest absolute Gasteiger partial charge is 0.491 e. The van der Waals surface area contributed by atoms with Gasteiger partial charge in [-0.2, -0.15) is 0 Å². The molecule has 0 bridgehead atoms. The maximum Gasteiger partial charge on any atom is 0.193 e. The van der Waals surface area contributed by atoms with Crippen molar-refractivity contribution < 1.29 is 4.74 Å². The normalized spacial score (nSPS) is 12.0. The summed E-state index contributed by atoms with van der Waals surface area (Å²) in [7, 11) is 0. The molecule has 0 aliphatic rings. The third-order valence-electron chi connectivity index (χ3n) is 2.72. The van der Waals surface area contributed by atoms with E-state index in [-0.39, 0.29) is 6.10 Å². The van der Waals surface area contributed by atoms with Gasteiger partial charge in [0.1, 0.15) is 5.75 Å². The summed E-state index contributed by atoms with van der Waals surface area (Å²) in [6.45, 7) is 9.21. The molecular formula is C16H27N3O. The van der Waals surface area contributed by atoms with Crippen molar-refractivity contribution in [2.75, 3.05) is 11.9 Å². The van der Waals surface area contributed by atoms with Gasteiger partial charge < -0.3 is 15.8 Å². The summed E-state index contributed by atoms with van der Waals surface area (Å²) >= 11 is 0. The molecule has 0 aliphatic carbocycles. The molecule has 0 saturated heterocycles. The smallest absolute Gasteiger partial charge is 0.193 e. The average Bonchev–Trinajstić information content (AvgIpc) is 2.36. The van der Waals surface area contributed by atoms with Crippen LogP contribution in [0.4, 0.5) is 5.69 Å². The second kappa shape index (κ2) is 8.46. The third kappa shape index (κ3) is 7.02. The zero-order valence-electron chi connectivity index (χ0n) is 13.0. The van der Waals surface area contributed by atoms with Crippen molar-refractivity contribution in [1.29, 1.82) is 0 Å². The first-order valence-electron chi connectivity index (χ1n) is 7.31. The van der Waals surface area contributed by atoms with Gasteiger partial charge in [0.2, 0.25) is 0 Å². The van der Waals surface area contributed by atoms with E-state index >= 15 is 0 Å². The van der Waals surface area contributed by atoms with Crippen LogP contribution >= 0.6 is 0 Å². The van der Waals surface area contributed by atoms with Gasteiger partial charge in [0, 0.05) is 12.2 Å². The minimum Gasteiger partial charge on any atom is -0.491 e. The van der Waals surface area contributed by atoms with Crippen LogP contribution in [-0.4, -0.2) is 18.6 Å². The van der Waals surface area contributed by atoms with Crippen LogP contribution in [0.5, 0.6) is 5.75 Å². The van der Waals surface area contributed by atoms with E-state index in [0.717, 1.165) is 24.4 Å². The molecular weight excluding hydrogens is 250 g/mol. The second-order valence-electron chi connectivity index (χ2n) is 5.62. The molecule has 1 rings (SSSR count). The molecule has 0 unspecified atom stereocenters. The summed E-state index contributed by atoms with van der Waals surface area (Å²) < 4.78 is 5.59. The van der Waals surface area contributed by atoms with E-state index < -0.39 is 0 Å². The molecule has 112 valence electrons. The fraction of sp³-hybridized carbons (Fsp3) is 0.562. The Morgan fingerprint density at radius 3 is 2.40 bits per heavy atom. The minimum absolute atomic E-state index is 0.182. The van der Waals surface area contributed by atoms with Gasteiger partial charge in [-0.1, -0.05) is 13.8 Å². The van der Waals surface area contributed by atoms with Crippen molar-refractivity contribution in [1.82, 2.24) is 0 Å². The SMILES string of the molecule is CC(C)CCCN=C(N)Nc1ccc(OC(C)C)cc1. The van der Waals surface area contributed by atoms with Crippen LogP contribution in [-0.2, 0) is 0 Å². The van der Waals surface area contributed by atoms with Crippen molar-refractivity contribution in [3.8, 4) is 5.75 Å². The summed E-state index contributed by atoms with van der Waals surface area (Å²) in [6, 6.07) is 7.73. The van der Waals surface area contributed by atoms with E-state index in [1.807, 2.05) is 38.1 Å². The molecule has 0 saturated carbocycles. The Labute approximate surface area is 122 Å². The number of aliphatic imine (C=N–C) groups is 1. The summed E-state index contributed by atoms with van der Waals surface area (Å²) in [5, 5.41) is 3.08. The lowest BCUT2D eigenvalue weighted by Crippen LogP contribution is -2.22. The van der Waals surface area contributed by atoms with Gasteiger partial charge in [-0.15, -0.1) is 0 Å². The van der Waals surface area contributed by atoms with Crippen LogP contribution in [0.15, 0.2) is 29.3 Å². The molecule has 0 amide bonds. The number of rotatable bonds is 7. The lowest BCUT2D eigenvalue weighted by Gasteiger charge is -2.11. The Morgan fingerprint density at radius 2 is 1.85 bits per heavy atom. The van der Waals surface area contributed by atoms with Gasteiger partial charge >= 0.3 is 0 Å². The van der Waals surface area contributed by atoms with Crippen molar-refractivity contribution in [2.45, 2.75) is 46.6 Å². The number of nitrogens with zero attached hydrogens (tertiary/aromatic N) is 1. The summed E-state index contributed by atoms with van der Waals surface area (Å²) in [6.07, 6.45) is 2.43. The molecule has 20 heavy (non-hydrogen) atoms. The molecule has 3 N–H and O–H groups in total. The van der Waals surface area contributed by atoms with Crippen LogP contribution in [0.2, 0.25) is 0 Å². The molecule has 4 heteroatoms. The molecule has 0 radical (unpaired) electrons. The fourth-order valence-corrected chi connectivity index (χ4v) is 1.78. The highest BCUT2D eigenvalue weighted by Gasteiger charge is 1.99. The molecule has 1 aromatic rings.